The highest BCUT2D eigenvalue weighted by molar-refractivity contribution is 5.78. The van der Waals surface area contributed by atoms with Gasteiger partial charge in [-0.25, -0.2) is 9.37 Å². The Morgan fingerprint density at radius 3 is 2.61 bits per heavy atom. The van der Waals surface area contributed by atoms with Gasteiger partial charge >= 0.3 is 0 Å². The average molecular weight is 381 g/mol. The number of carbonyl (C=O) groups is 1. The maximum Gasteiger partial charge on any atom is 0.224 e. The van der Waals surface area contributed by atoms with Gasteiger partial charge in [0.15, 0.2) is 0 Å². The molecule has 0 aliphatic heterocycles. The Labute approximate surface area is 164 Å². The summed E-state index contributed by atoms with van der Waals surface area (Å²) in [6, 6.07) is 8.70. The zero-order chi connectivity index (χ0) is 19.9. The molecule has 1 fully saturated rings. The Kier molecular flexibility index (Phi) is 6.53. The topological polar surface area (TPSA) is 90.7 Å². The lowest BCUT2D eigenvalue weighted by atomic mass is 9.84. The highest BCUT2D eigenvalue weighted by atomic mass is 19.1. The second kappa shape index (κ2) is 9.27. The lowest BCUT2D eigenvalue weighted by molar-refractivity contribution is -0.121. The van der Waals surface area contributed by atoms with E-state index < -0.39 is 0 Å². The third kappa shape index (κ3) is 5.26. The summed E-state index contributed by atoms with van der Waals surface area (Å²) in [5.41, 5.74) is 1.42. The number of aromatic nitrogens is 2. The number of hydrogen-bond acceptors (Lipinski definition) is 6. The number of anilines is 2. The number of nitrogens with one attached hydrogen (secondary N) is 2. The molecule has 1 aliphatic rings. The number of ketones is 1. The van der Waals surface area contributed by atoms with Crippen LogP contribution in [0.2, 0.25) is 0 Å². The minimum Gasteiger partial charge on any atom is -0.366 e. The van der Waals surface area contributed by atoms with E-state index in [1.165, 1.54) is 18.3 Å². The Balaban J connectivity index is 1.58. The van der Waals surface area contributed by atoms with Crippen molar-refractivity contribution in [3.05, 3.63) is 47.4 Å². The van der Waals surface area contributed by atoms with Crippen LogP contribution in [-0.2, 0) is 11.2 Å². The van der Waals surface area contributed by atoms with Crippen molar-refractivity contribution >= 4 is 17.5 Å². The third-order valence-electron chi connectivity index (χ3n) is 5.16. The monoisotopic (exact) mass is 381 g/mol. The maximum absolute atomic E-state index is 13.0. The minimum atomic E-state index is -0.250. The molecule has 0 unspecified atom stereocenters. The van der Waals surface area contributed by atoms with E-state index >= 15 is 0 Å². The van der Waals surface area contributed by atoms with Gasteiger partial charge < -0.3 is 10.6 Å². The molecule has 0 saturated heterocycles. The van der Waals surface area contributed by atoms with Gasteiger partial charge in [0, 0.05) is 18.5 Å². The minimum absolute atomic E-state index is 0.155. The second-order valence-corrected chi connectivity index (χ2v) is 7.17. The maximum atomic E-state index is 13.0. The number of hydrogen-bond donors (Lipinski definition) is 2. The Bertz CT molecular complexity index is 854. The number of halogens is 1. The highest BCUT2D eigenvalue weighted by Gasteiger charge is 2.24. The summed E-state index contributed by atoms with van der Waals surface area (Å²) in [5, 5.41) is 15.8. The van der Waals surface area contributed by atoms with Crippen molar-refractivity contribution in [2.75, 3.05) is 17.2 Å². The Morgan fingerprint density at radius 1 is 1.25 bits per heavy atom. The smallest absolute Gasteiger partial charge is 0.224 e. The van der Waals surface area contributed by atoms with Crippen LogP contribution in [-0.4, -0.2) is 28.3 Å². The number of nitrogens with zero attached hydrogens (tertiary/aromatic N) is 3. The van der Waals surface area contributed by atoms with Crippen molar-refractivity contribution in [1.29, 1.82) is 5.26 Å². The molecule has 146 valence electrons. The molecule has 28 heavy (non-hydrogen) atoms. The fourth-order valence-electron chi connectivity index (χ4n) is 3.47. The average Bonchev–Trinajstić information content (AvgIpc) is 2.70. The first-order valence-electron chi connectivity index (χ1n) is 9.57. The molecule has 0 atom stereocenters. The zero-order valence-corrected chi connectivity index (χ0v) is 15.9. The molecule has 0 bridgehead atoms. The quantitative estimate of drug-likeness (QED) is 0.760. The molecule has 1 aromatic heterocycles. The van der Waals surface area contributed by atoms with Gasteiger partial charge in [0.2, 0.25) is 5.95 Å². The van der Waals surface area contributed by atoms with Crippen molar-refractivity contribution in [3.63, 3.8) is 0 Å². The lowest BCUT2D eigenvalue weighted by Gasteiger charge is -2.28. The van der Waals surface area contributed by atoms with E-state index in [-0.39, 0.29) is 23.6 Å². The van der Waals surface area contributed by atoms with Gasteiger partial charge in [-0.05, 0) is 56.7 Å². The molecule has 1 heterocycles. The molecule has 2 N–H and O–H groups in total. The molecule has 6 nitrogen and oxygen atoms in total. The summed E-state index contributed by atoms with van der Waals surface area (Å²) >= 11 is 0. The largest absolute Gasteiger partial charge is 0.366 e. The molecule has 1 aliphatic carbocycles. The SMILES string of the molecule is CC(=O)C1CCC(Nc2nc(NCCc3ccc(F)cc3)ncc2C#N)CC1. The number of carbonyl (C=O) groups excluding carboxylic acids is 1. The molecule has 3 rings (SSSR count). The number of Topliss-reactive ketones (excluding diaryl/α,β-unsaturated/α-hetero) is 1. The van der Waals surface area contributed by atoms with E-state index in [0.717, 1.165) is 31.2 Å². The van der Waals surface area contributed by atoms with E-state index in [2.05, 4.69) is 26.7 Å². The first-order valence-corrected chi connectivity index (χ1v) is 9.57. The first kappa shape index (κ1) is 19.7. The lowest BCUT2D eigenvalue weighted by Crippen LogP contribution is -2.29. The van der Waals surface area contributed by atoms with Gasteiger partial charge in [-0.3, -0.25) is 4.79 Å². The fourth-order valence-corrected chi connectivity index (χ4v) is 3.47. The fraction of sp³-hybridized carbons (Fsp3) is 0.429. The van der Waals surface area contributed by atoms with Crippen LogP contribution in [0.25, 0.3) is 0 Å². The summed E-state index contributed by atoms with van der Waals surface area (Å²) in [6.07, 6.45) is 5.71. The van der Waals surface area contributed by atoms with Gasteiger partial charge in [0.05, 0.1) is 6.20 Å². The molecule has 7 heteroatoms. The van der Waals surface area contributed by atoms with E-state index in [4.69, 9.17) is 0 Å². The summed E-state index contributed by atoms with van der Waals surface area (Å²) in [7, 11) is 0. The number of nitriles is 1. The van der Waals surface area contributed by atoms with E-state index in [1.54, 1.807) is 19.1 Å². The van der Waals surface area contributed by atoms with E-state index in [0.29, 0.717) is 30.3 Å². The molecule has 1 saturated carbocycles. The van der Waals surface area contributed by atoms with Crippen LogP contribution < -0.4 is 10.6 Å². The summed E-state index contributed by atoms with van der Waals surface area (Å²) < 4.78 is 13.0. The molecular formula is C21H24FN5O. The van der Waals surface area contributed by atoms with E-state index in [1.807, 2.05) is 0 Å². The van der Waals surface area contributed by atoms with Crippen LogP contribution in [0.15, 0.2) is 30.5 Å². The van der Waals surface area contributed by atoms with Crippen LogP contribution in [0.3, 0.4) is 0 Å². The molecule has 2 aromatic rings. The predicted octanol–water partition coefficient (Wildman–Crippen LogP) is 3.70. The van der Waals surface area contributed by atoms with E-state index in [9.17, 15) is 14.4 Å². The molecule has 1 aromatic carbocycles. The highest BCUT2D eigenvalue weighted by Crippen LogP contribution is 2.27. The summed E-state index contributed by atoms with van der Waals surface area (Å²) in [5.74, 6) is 1.13. The van der Waals surface area contributed by atoms with Crippen LogP contribution in [0.5, 0.6) is 0 Å². The third-order valence-corrected chi connectivity index (χ3v) is 5.16. The van der Waals surface area contributed by atoms with Crippen LogP contribution in [0.4, 0.5) is 16.2 Å². The standard InChI is InChI=1S/C21H24FN5O/c1-14(28)16-4-8-19(9-5-16)26-20-17(12-23)13-25-21(27-20)24-11-10-15-2-6-18(22)7-3-15/h2-3,6-7,13,16,19H,4-5,8-11H2,1H3,(H2,24,25,26,27). The van der Waals surface area contributed by atoms with Gasteiger partial charge in [-0.1, -0.05) is 12.1 Å². The van der Waals surface area contributed by atoms with Crippen molar-refractivity contribution in [1.82, 2.24) is 9.97 Å². The Hall–Kier alpha value is -3.01. The number of rotatable bonds is 7. The first-order chi connectivity index (χ1) is 13.5. The van der Waals surface area contributed by atoms with Crippen LogP contribution in [0, 0.1) is 23.1 Å². The molecule has 0 spiro atoms. The normalized spacial score (nSPS) is 18.9. The predicted molar refractivity (Wildman–Crippen MR) is 105 cm³/mol. The second-order valence-electron chi connectivity index (χ2n) is 7.17. The Morgan fingerprint density at radius 2 is 1.96 bits per heavy atom. The van der Waals surface area contributed by atoms with Gasteiger partial charge in [0.25, 0.3) is 0 Å². The number of benzene rings is 1. The van der Waals surface area contributed by atoms with Gasteiger partial charge in [-0.15, -0.1) is 0 Å². The molecular weight excluding hydrogens is 357 g/mol. The van der Waals surface area contributed by atoms with Crippen molar-refractivity contribution in [3.8, 4) is 6.07 Å². The van der Waals surface area contributed by atoms with Gasteiger partial charge in [-0.2, -0.15) is 10.2 Å². The summed E-state index contributed by atoms with van der Waals surface area (Å²) in [6.45, 7) is 2.25. The van der Waals surface area contributed by atoms with Crippen molar-refractivity contribution < 1.29 is 9.18 Å². The van der Waals surface area contributed by atoms with Crippen LogP contribution in [0.1, 0.15) is 43.7 Å². The summed E-state index contributed by atoms with van der Waals surface area (Å²) in [4.78, 5) is 20.2. The molecule has 0 radical (unpaired) electrons. The van der Waals surface area contributed by atoms with Gasteiger partial charge in [0.1, 0.15) is 29.1 Å². The van der Waals surface area contributed by atoms with Crippen LogP contribution >= 0.6 is 0 Å². The van der Waals surface area contributed by atoms with Crippen molar-refractivity contribution in [2.45, 2.75) is 45.1 Å². The molecule has 0 amide bonds. The zero-order valence-electron chi connectivity index (χ0n) is 15.9. The van der Waals surface area contributed by atoms with Crippen molar-refractivity contribution in [2.24, 2.45) is 5.92 Å².